The van der Waals surface area contributed by atoms with Gasteiger partial charge in [0.1, 0.15) is 0 Å². The second-order valence-corrected chi connectivity index (χ2v) is 7.58. The van der Waals surface area contributed by atoms with Crippen molar-refractivity contribution >= 4 is 17.8 Å². The molecule has 6 nitrogen and oxygen atoms in total. The molecule has 2 saturated heterocycles. The summed E-state index contributed by atoms with van der Waals surface area (Å²) in [7, 11) is 0. The zero-order valence-corrected chi connectivity index (χ0v) is 13.6. The zero-order valence-electron chi connectivity index (χ0n) is 13.6. The molecule has 2 amide bonds. The van der Waals surface area contributed by atoms with Crippen LogP contribution in [0.4, 0.5) is 8.78 Å². The van der Waals surface area contributed by atoms with Crippen LogP contribution in [0.3, 0.4) is 0 Å². The molecule has 24 heavy (non-hydrogen) atoms. The quantitative estimate of drug-likeness (QED) is 0.838. The lowest BCUT2D eigenvalue weighted by Gasteiger charge is -2.47. The topological polar surface area (TPSA) is 77.9 Å². The van der Waals surface area contributed by atoms with E-state index in [0.717, 1.165) is 0 Å². The van der Waals surface area contributed by atoms with Crippen LogP contribution in [-0.4, -0.2) is 64.3 Å². The van der Waals surface area contributed by atoms with Crippen molar-refractivity contribution in [1.29, 1.82) is 0 Å². The van der Waals surface area contributed by atoms with Crippen LogP contribution in [0.15, 0.2) is 0 Å². The molecule has 0 aromatic carbocycles. The van der Waals surface area contributed by atoms with Crippen molar-refractivity contribution in [2.75, 3.05) is 19.6 Å². The number of amides is 2. The van der Waals surface area contributed by atoms with Crippen LogP contribution in [0.5, 0.6) is 0 Å². The maximum Gasteiger partial charge on any atom is 0.308 e. The first kappa shape index (κ1) is 17.1. The molecule has 3 fully saturated rings. The van der Waals surface area contributed by atoms with Crippen LogP contribution in [0.25, 0.3) is 0 Å². The number of carbonyl (C=O) groups excluding carboxylic acids is 2. The van der Waals surface area contributed by atoms with E-state index in [1.165, 1.54) is 0 Å². The van der Waals surface area contributed by atoms with E-state index >= 15 is 0 Å². The zero-order chi connectivity index (χ0) is 17.7. The normalized spacial score (nSPS) is 29.5. The second-order valence-electron chi connectivity index (χ2n) is 7.58. The maximum atomic E-state index is 13.1. The van der Waals surface area contributed by atoms with E-state index in [-0.39, 0.29) is 30.8 Å². The highest BCUT2D eigenvalue weighted by Crippen LogP contribution is 2.52. The summed E-state index contributed by atoms with van der Waals surface area (Å²) in [6.45, 7) is 2.65. The number of carbonyl (C=O) groups is 3. The predicted molar refractivity (Wildman–Crippen MR) is 79.3 cm³/mol. The number of piperidine rings is 1. The standard InChI is InChI=1S/C16H22F2N2O4/c1-15(8-16(17,18)9-15)14(24)19-4-2-11(3-5-19)20-7-10(13(22)23)6-12(20)21/h10-11H,2-9H2,1H3,(H,22,23). The molecule has 1 N–H and O–H groups in total. The molecule has 1 unspecified atom stereocenters. The summed E-state index contributed by atoms with van der Waals surface area (Å²) in [6, 6.07) is -0.0680. The van der Waals surface area contributed by atoms with E-state index < -0.39 is 36.1 Å². The third-order valence-corrected chi connectivity index (χ3v) is 5.51. The number of aliphatic carboxylic acids is 1. The van der Waals surface area contributed by atoms with Gasteiger partial charge in [0.05, 0.1) is 11.3 Å². The molecule has 3 aliphatic rings. The van der Waals surface area contributed by atoms with Gasteiger partial charge in [-0.2, -0.15) is 0 Å². The number of carboxylic acid groups (broad SMARTS) is 1. The van der Waals surface area contributed by atoms with E-state index in [0.29, 0.717) is 25.9 Å². The van der Waals surface area contributed by atoms with Gasteiger partial charge in [0.15, 0.2) is 0 Å². The molecule has 1 aliphatic carbocycles. The van der Waals surface area contributed by atoms with Crippen molar-refractivity contribution in [2.45, 2.75) is 51.0 Å². The van der Waals surface area contributed by atoms with Crippen molar-refractivity contribution in [3.05, 3.63) is 0 Å². The summed E-state index contributed by atoms with van der Waals surface area (Å²) < 4.78 is 26.2. The van der Waals surface area contributed by atoms with Gasteiger partial charge >= 0.3 is 5.97 Å². The number of hydrogen-bond acceptors (Lipinski definition) is 3. The number of halogens is 2. The number of likely N-dealkylation sites (tertiary alicyclic amines) is 2. The first-order valence-corrected chi connectivity index (χ1v) is 8.31. The van der Waals surface area contributed by atoms with Gasteiger partial charge in [0.25, 0.3) is 0 Å². The van der Waals surface area contributed by atoms with Gasteiger partial charge in [-0.1, -0.05) is 6.92 Å². The molecule has 0 bridgehead atoms. The number of nitrogens with zero attached hydrogens (tertiary/aromatic N) is 2. The lowest BCUT2D eigenvalue weighted by molar-refractivity contribution is -0.184. The van der Waals surface area contributed by atoms with Crippen molar-refractivity contribution in [3.63, 3.8) is 0 Å². The maximum absolute atomic E-state index is 13.1. The molecule has 0 radical (unpaired) electrons. The predicted octanol–water partition coefficient (Wildman–Crippen LogP) is 1.35. The van der Waals surface area contributed by atoms with Gasteiger partial charge in [0, 0.05) is 44.9 Å². The van der Waals surface area contributed by atoms with Crippen molar-refractivity contribution in [3.8, 4) is 0 Å². The highest BCUT2D eigenvalue weighted by Gasteiger charge is 2.58. The molecular weight excluding hydrogens is 322 g/mol. The Balaban J connectivity index is 1.54. The molecule has 134 valence electrons. The minimum absolute atomic E-state index is 0.0294. The summed E-state index contributed by atoms with van der Waals surface area (Å²) in [5, 5.41) is 9.03. The first-order valence-electron chi connectivity index (χ1n) is 8.31. The first-order chi connectivity index (χ1) is 11.1. The van der Waals surface area contributed by atoms with Crippen LogP contribution >= 0.6 is 0 Å². The molecule has 2 aliphatic heterocycles. The molecule has 2 heterocycles. The van der Waals surface area contributed by atoms with E-state index in [1.54, 1.807) is 16.7 Å². The minimum Gasteiger partial charge on any atom is -0.481 e. The van der Waals surface area contributed by atoms with Crippen LogP contribution in [0.2, 0.25) is 0 Å². The van der Waals surface area contributed by atoms with Crippen molar-refractivity contribution < 1.29 is 28.3 Å². The van der Waals surface area contributed by atoms with Crippen LogP contribution in [0.1, 0.15) is 39.0 Å². The molecular formula is C16H22F2N2O4. The Labute approximate surface area is 138 Å². The third-order valence-electron chi connectivity index (χ3n) is 5.51. The van der Waals surface area contributed by atoms with Crippen LogP contribution in [0, 0.1) is 11.3 Å². The summed E-state index contributed by atoms with van der Waals surface area (Å²) in [6.07, 6.45) is 0.363. The Morgan fingerprint density at radius 2 is 1.79 bits per heavy atom. The average molecular weight is 344 g/mol. The van der Waals surface area contributed by atoms with Crippen LogP contribution < -0.4 is 0 Å². The van der Waals surface area contributed by atoms with E-state index in [4.69, 9.17) is 5.11 Å². The molecule has 8 heteroatoms. The van der Waals surface area contributed by atoms with Crippen molar-refractivity contribution in [1.82, 2.24) is 9.80 Å². The molecule has 0 spiro atoms. The second kappa shape index (κ2) is 5.67. The molecule has 1 atom stereocenters. The van der Waals surface area contributed by atoms with Crippen molar-refractivity contribution in [2.24, 2.45) is 11.3 Å². The SMILES string of the molecule is CC1(C(=O)N2CCC(N3CC(C(=O)O)CC3=O)CC2)CC(F)(F)C1. The van der Waals surface area contributed by atoms with E-state index in [9.17, 15) is 23.2 Å². The molecule has 0 aromatic heterocycles. The van der Waals surface area contributed by atoms with Gasteiger partial charge in [0.2, 0.25) is 17.7 Å². The molecule has 0 aromatic rings. The van der Waals surface area contributed by atoms with Crippen LogP contribution in [-0.2, 0) is 14.4 Å². The highest BCUT2D eigenvalue weighted by atomic mass is 19.3. The van der Waals surface area contributed by atoms with Gasteiger partial charge in [-0.25, -0.2) is 8.78 Å². The highest BCUT2D eigenvalue weighted by molar-refractivity contribution is 5.86. The van der Waals surface area contributed by atoms with E-state index in [2.05, 4.69) is 0 Å². The Morgan fingerprint density at radius 1 is 1.21 bits per heavy atom. The Hall–Kier alpha value is -1.73. The monoisotopic (exact) mass is 344 g/mol. The smallest absolute Gasteiger partial charge is 0.308 e. The fourth-order valence-corrected chi connectivity index (χ4v) is 4.25. The fraction of sp³-hybridized carbons (Fsp3) is 0.812. The summed E-state index contributed by atoms with van der Waals surface area (Å²) in [5.41, 5.74) is -0.978. The lowest BCUT2D eigenvalue weighted by Crippen LogP contribution is -2.57. The summed E-state index contributed by atoms with van der Waals surface area (Å²) in [4.78, 5) is 38.7. The molecule has 3 rings (SSSR count). The number of carboxylic acids is 1. The number of hydrogen-bond donors (Lipinski definition) is 1. The largest absolute Gasteiger partial charge is 0.481 e. The lowest BCUT2D eigenvalue weighted by atomic mass is 9.66. The third kappa shape index (κ3) is 2.98. The minimum atomic E-state index is -2.74. The summed E-state index contributed by atoms with van der Waals surface area (Å²) in [5.74, 6) is -4.75. The average Bonchev–Trinajstić information content (AvgIpc) is 2.87. The molecule has 1 saturated carbocycles. The Bertz CT molecular complexity index is 564. The van der Waals surface area contributed by atoms with Gasteiger partial charge in [-0.15, -0.1) is 0 Å². The van der Waals surface area contributed by atoms with Gasteiger partial charge in [-0.3, -0.25) is 14.4 Å². The van der Waals surface area contributed by atoms with Gasteiger partial charge < -0.3 is 14.9 Å². The van der Waals surface area contributed by atoms with Gasteiger partial charge in [-0.05, 0) is 12.8 Å². The Morgan fingerprint density at radius 3 is 2.25 bits per heavy atom. The summed E-state index contributed by atoms with van der Waals surface area (Å²) >= 11 is 0. The number of rotatable bonds is 3. The fourth-order valence-electron chi connectivity index (χ4n) is 4.25. The Kier molecular flexibility index (Phi) is 4.04. The number of alkyl halides is 2. The van der Waals surface area contributed by atoms with E-state index in [1.807, 2.05) is 0 Å².